The van der Waals surface area contributed by atoms with Crippen molar-refractivity contribution in [3.63, 3.8) is 0 Å². The number of aromatic nitrogens is 2. The molecule has 0 radical (unpaired) electrons. The van der Waals surface area contributed by atoms with Crippen molar-refractivity contribution >= 4 is 17.8 Å². The Bertz CT molecular complexity index is 1010. The number of nitrogens with zero attached hydrogens (tertiary/aromatic N) is 4. The first-order chi connectivity index (χ1) is 14.0. The van der Waals surface area contributed by atoms with Gasteiger partial charge in [-0.05, 0) is 17.7 Å². The molecule has 0 spiro atoms. The SMILES string of the molecule is COc1ccc([C@H](c2n(C)c(C)c(C)[n+]2[O-])C2C(=O)N(C)C(=O)N(C)C2=O)cc1O. The van der Waals surface area contributed by atoms with Crippen LogP contribution >= 0.6 is 0 Å². The quantitative estimate of drug-likeness (QED) is 0.447. The number of urea groups is 1. The number of imidazole rings is 1. The number of amides is 4. The number of imide groups is 2. The van der Waals surface area contributed by atoms with Crippen molar-refractivity contribution in [3.8, 4) is 11.5 Å². The Morgan fingerprint density at radius 3 is 2.10 bits per heavy atom. The molecule has 1 atom stereocenters. The third-order valence-electron chi connectivity index (χ3n) is 5.82. The monoisotopic (exact) mass is 416 g/mol. The zero-order valence-electron chi connectivity index (χ0n) is 17.7. The Kier molecular flexibility index (Phi) is 5.19. The van der Waals surface area contributed by atoms with E-state index in [1.165, 1.54) is 33.3 Å². The van der Waals surface area contributed by atoms with Crippen LogP contribution in [0.25, 0.3) is 0 Å². The van der Waals surface area contributed by atoms with Crippen molar-refractivity contribution < 1.29 is 29.0 Å². The van der Waals surface area contributed by atoms with Crippen molar-refractivity contribution in [1.82, 2.24) is 14.4 Å². The van der Waals surface area contributed by atoms with E-state index in [1.54, 1.807) is 31.5 Å². The Morgan fingerprint density at radius 1 is 1.10 bits per heavy atom. The summed E-state index contributed by atoms with van der Waals surface area (Å²) in [5.74, 6) is -3.70. The minimum Gasteiger partial charge on any atom is -0.711 e. The molecule has 2 aromatic rings. The van der Waals surface area contributed by atoms with E-state index >= 15 is 0 Å². The topological polar surface area (TPSA) is 119 Å². The number of benzene rings is 1. The first-order valence-electron chi connectivity index (χ1n) is 9.24. The van der Waals surface area contributed by atoms with E-state index in [0.29, 0.717) is 21.7 Å². The zero-order chi connectivity index (χ0) is 22.5. The van der Waals surface area contributed by atoms with Gasteiger partial charge >= 0.3 is 6.03 Å². The van der Waals surface area contributed by atoms with Crippen LogP contribution in [0.5, 0.6) is 11.5 Å². The second-order valence-electron chi connectivity index (χ2n) is 7.35. The summed E-state index contributed by atoms with van der Waals surface area (Å²) in [5.41, 5.74) is 1.45. The second kappa shape index (κ2) is 7.36. The van der Waals surface area contributed by atoms with Gasteiger partial charge in [0.2, 0.25) is 11.8 Å². The third kappa shape index (κ3) is 2.95. The van der Waals surface area contributed by atoms with Crippen molar-refractivity contribution in [2.75, 3.05) is 21.2 Å². The molecule has 1 aliphatic heterocycles. The van der Waals surface area contributed by atoms with E-state index in [1.807, 2.05) is 0 Å². The molecular weight excluding hydrogens is 392 g/mol. The van der Waals surface area contributed by atoms with E-state index in [9.17, 15) is 24.7 Å². The molecule has 4 amide bonds. The smallest absolute Gasteiger partial charge is 0.332 e. The van der Waals surface area contributed by atoms with E-state index in [2.05, 4.69) is 0 Å². The maximum absolute atomic E-state index is 13.1. The Labute approximate surface area is 173 Å². The highest BCUT2D eigenvalue weighted by Crippen LogP contribution is 2.39. The fraction of sp³-hybridized carbons (Fsp3) is 0.400. The molecule has 1 saturated heterocycles. The van der Waals surface area contributed by atoms with Crippen LogP contribution in [0.1, 0.15) is 28.7 Å². The summed E-state index contributed by atoms with van der Waals surface area (Å²) in [6, 6.07) is 3.69. The average Bonchev–Trinajstić information content (AvgIpc) is 2.91. The number of barbiturate groups is 1. The summed E-state index contributed by atoms with van der Waals surface area (Å²) in [4.78, 5) is 40.0. The maximum Gasteiger partial charge on any atom is 0.332 e. The number of hydrogen-bond acceptors (Lipinski definition) is 6. The first-order valence-corrected chi connectivity index (χ1v) is 9.24. The van der Waals surface area contributed by atoms with E-state index in [4.69, 9.17) is 4.74 Å². The lowest BCUT2D eigenvalue weighted by Crippen LogP contribution is -2.59. The highest BCUT2D eigenvalue weighted by molar-refractivity contribution is 6.16. The van der Waals surface area contributed by atoms with Crippen molar-refractivity contribution in [2.24, 2.45) is 13.0 Å². The van der Waals surface area contributed by atoms with E-state index in [0.717, 1.165) is 9.80 Å². The third-order valence-corrected chi connectivity index (χ3v) is 5.82. The predicted molar refractivity (Wildman–Crippen MR) is 105 cm³/mol. The van der Waals surface area contributed by atoms with Crippen LogP contribution in [-0.4, -0.2) is 58.5 Å². The number of ether oxygens (including phenoxy) is 1. The fourth-order valence-electron chi connectivity index (χ4n) is 3.82. The Morgan fingerprint density at radius 2 is 1.67 bits per heavy atom. The molecule has 0 bridgehead atoms. The minimum absolute atomic E-state index is 0.150. The number of carbonyl (C=O) groups excluding carboxylic acids is 3. The highest BCUT2D eigenvalue weighted by atomic mass is 16.5. The highest BCUT2D eigenvalue weighted by Gasteiger charge is 2.51. The average molecular weight is 416 g/mol. The molecule has 160 valence electrons. The molecule has 1 aliphatic rings. The molecule has 30 heavy (non-hydrogen) atoms. The first kappa shape index (κ1) is 21.2. The lowest BCUT2D eigenvalue weighted by molar-refractivity contribution is -0.621. The van der Waals surface area contributed by atoms with Crippen LogP contribution in [0.2, 0.25) is 0 Å². The molecule has 3 rings (SSSR count). The summed E-state index contributed by atoms with van der Waals surface area (Å²) in [6.07, 6.45) is 0. The van der Waals surface area contributed by atoms with Gasteiger partial charge in [0, 0.05) is 27.9 Å². The summed E-state index contributed by atoms with van der Waals surface area (Å²) in [7, 11) is 5.63. The number of phenolic OH excluding ortho intramolecular Hbond substituents is 1. The van der Waals surface area contributed by atoms with Gasteiger partial charge in [-0.2, -0.15) is 0 Å². The fourth-order valence-corrected chi connectivity index (χ4v) is 3.82. The molecule has 0 saturated carbocycles. The summed E-state index contributed by atoms with van der Waals surface area (Å²) < 4.78 is 7.37. The van der Waals surface area contributed by atoms with Gasteiger partial charge < -0.3 is 15.1 Å². The number of carbonyl (C=O) groups is 3. The Balaban J connectivity index is 2.30. The standard InChI is InChI=1S/C20H24N4O6/c1-10-11(2)24(29)17(21(10)3)15(12-7-8-14(30-6)13(25)9-12)16-18(26)22(4)20(28)23(5)19(16)27/h7-9,15-16,25H,1-6H3/t15-/m0/s1. The summed E-state index contributed by atoms with van der Waals surface area (Å²) in [5, 5.41) is 23.3. The second-order valence-corrected chi connectivity index (χ2v) is 7.35. The van der Waals surface area contributed by atoms with Crippen LogP contribution in [0, 0.1) is 25.0 Å². The summed E-state index contributed by atoms with van der Waals surface area (Å²) in [6.45, 7) is 3.39. The minimum atomic E-state index is -1.36. The predicted octanol–water partition coefficient (Wildman–Crippen LogP) is 0.788. The van der Waals surface area contributed by atoms with Crippen molar-refractivity contribution in [1.29, 1.82) is 0 Å². The van der Waals surface area contributed by atoms with Gasteiger partial charge in [0.05, 0.1) is 14.2 Å². The van der Waals surface area contributed by atoms with Gasteiger partial charge in [0.25, 0.3) is 5.82 Å². The number of methoxy groups -OCH3 is 1. The van der Waals surface area contributed by atoms with Gasteiger partial charge in [-0.1, -0.05) is 6.07 Å². The molecule has 2 heterocycles. The molecule has 10 nitrogen and oxygen atoms in total. The van der Waals surface area contributed by atoms with E-state index in [-0.39, 0.29) is 17.3 Å². The van der Waals surface area contributed by atoms with Gasteiger partial charge in [0.15, 0.2) is 11.5 Å². The number of phenols is 1. The number of rotatable bonds is 4. The van der Waals surface area contributed by atoms with Gasteiger partial charge in [0.1, 0.15) is 23.2 Å². The molecule has 10 heteroatoms. The van der Waals surface area contributed by atoms with E-state index < -0.39 is 29.7 Å². The molecule has 1 aromatic carbocycles. The van der Waals surface area contributed by atoms with Crippen molar-refractivity contribution in [2.45, 2.75) is 19.8 Å². The van der Waals surface area contributed by atoms with Gasteiger partial charge in [-0.25, -0.2) is 14.1 Å². The number of aromatic hydroxyl groups is 1. The molecule has 1 aromatic heterocycles. The lowest BCUT2D eigenvalue weighted by Gasteiger charge is -2.35. The van der Waals surface area contributed by atoms with Gasteiger partial charge in [-0.3, -0.25) is 19.4 Å². The molecule has 0 aliphatic carbocycles. The van der Waals surface area contributed by atoms with Crippen molar-refractivity contribution in [3.05, 3.63) is 46.2 Å². The van der Waals surface area contributed by atoms with Crippen LogP contribution in [0.3, 0.4) is 0 Å². The largest absolute Gasteiger partial charge is 0.711 e. The molecule has 1 N–H and O–H groups in total. The maximum atomic E-state index is 13.1. The normalized spacial score (nSPS) is 16.4. The van der Waals surface area contributed by atoms with Crippen LogP contribution < -0.4 is 9.47 Å². The van der Waals surface area contributed by atoms with Crippen LogP contribution in [-0.2, 0) is 16.6 Å². The molecular formula is C20H24N4O6. The lowest BCUT2D eigenvalue weighted by atomic mass is 9.82. The van der Waals surface area contributed by atoms with Crippen LogP contribution in [0.15, 0.2) is 18.2 Å². The van der Waals surface area contributed by atoms with Crippen LogP contribution in [0.4, 0.5) is 4.79 Å². The summed E-state index contributed by atoms with van der Waals surface area (Å²) >= 11 is 0. The van der Waals surface area contributed by atoms with Gasteiger partial charge in [-0.15, -0.1) is 0 Å². The zero-order valence-corrected chi connectivity index (χ0v) is 17.7. The molecule has 1 fully saturated rings. The number of hydrogen-bond donors (Lipinski definition) is 1. The Hall–Kier alpha value is -3.56. The molecule has 0 unspecified atom stereocenters.